The van der Waals surface area contributed by atoms with Crippen LogP contribution in [0.4, 0.5) is 4.79 Å². The van der Waals surface area contributed by atoms with E-state index in [2.05, 4.69) is 5.32 Å². The van der Waals surface area contributed by atoms with Crippen LogP contribution in [-0.2, 0) is 9.47 Å². The van der Waals surface area contributed by atoms with E-state index in [4.69, 9.17) is 15.2 Å². The monoisotopic (exact) mass is 204 g/mol. The van der Waals surface area contributed by atoms with Crippen molar-refractivity contribution >= 4 is 6.09 Å². The first-order chi connectivity index (χ1) is 6.65. The molecule has 0 aliphatic rings. The second-order valence-corrected chi connectivity index (χ2v) is 3.14. The van der Waals surface area contributed by atoms with E-state index in [-0.39, 0.29) is 12.0 Å². The van der Waals surface area contributed by atoms with Gasteiger partial charge < -0.3 is 20.5 Å². The minimum atomic E-state index is -0.425. The van der Waals surface area contributed by atoms with Crippen molar-refractivity contribution in [1.82, 2.24) is 5.32 Å². The average molecular weight is 204 g/mol. The van der Waals surface area contributed by atoms with Gasteiger partial charge in [-0.25, -0.2) is 4.79 Å². The smallest absolute Gasteiger partial charge is 0.407 e. The first-order valence-electron chi connectivity index (χ1n) is 4.78. The molecule has 2 atom stereocenters. The highest BCUT2D eigenvalue weighted by atomic mass is 16.5. The number of hydrogen-bond acceptors (Lipinski definition) is 4. The molecule has 84 valence electrons. The Bertz CT molecular complexity index is 164. The molecule has 0 aromatic carbocycles. The third-order valence-corrected chi connectivity index (χ3v) is 1.95. The Kier molecular flexibility index (Phi) is 7.14. The molecule has 0 saturated carbocycles. The highest BCUT2D eigenvalue weighted by molar-refractivity contribution is 5.67. The molecular weight excluding hydrogens is 184 g/mol. The highest BCUT2D eigenvalue weighted by Crippen LogP contribution is 2.02. The largest absolute Gasteiger partial charge is 0.450 e. The molecule has 5 heteroatoms. The zero-order valence-electron chi connectivity index (χ0n) is 9.08. The van der Waals surface area contributed by atoms with Gasteiger partial charge in [-0.1, -0.05) is 6.92 Å². The SMILES string of the molecule is CCOC(=O)NC(CN)C(C)COC. The summed E-state index contributed by atoms with van der Waals surface area (Å²) in [6.45, 7) is 5.03. The lowest BCUT2D eigenvalue weighted by Gasteiger charge is -2.22. The summed E-state index contributed by atoms with van der Waals surface area (Å²) in [5.74, 6) is 0.175. The van der Waals surface area contributed by atoms with Crippen LogP contribution in [0.5, 0.6) is 0 Å². The Morgan fingerprint density at radius 3 is 2.64 bits per heavy atom. The zero-order valence-corrected chi connectivity index (χ0v) is 9.08. The second kappa shape index (κ2) is 7.58. The summed E-state index contributed by atoms with van der Waals surface area (Å²) >= 11 is 0. The molecular formula is C9H20N2O3. The summed E-state index contributed by atoms with van der Waals surface area (Å²) in [5, 5.41) is 2.69. The van der Waals surface area contributed by atoms with Gasteiger partial charge in [-0.2, -0.15) is 0 Å². The molecule has 1 amide bonds. The summed E-state index contributed by atoms with van der Waals surface area (Å²) in [7, 11) is 1.62. The zero-order chi connectivity index (χ0) is 11.0. The van der Waals surface area contributed by atoms with E-state index in [1.807, 2.05) is 6.92 Å². The van der Waals surface area contributed by atoms with Crippen LogP contribution >= 0.6 is 0 Å². The number of rotatable bonds is 6. The number of carbonyl (C=O) groups is 1. The fourth-order valence-corrected chi connectivity index (χ4v) is 1.14. The van der Waals surface area contributed by atoms with Gasteiger partial charge in [0.2, 0.25) is 0 Å². The number of carbonyl (C=O) groups excluding carboxylic acids is 1. The Morgan fingerprint density at radius 1 is 1.57 bits per heavy atom. The fraction of sp³-hybridized carbons (Fsp3) is 0.889. The van der Waals surface area contributed by atoms with Crippen molar-refractivity contribution in [2.75, 3.05) is 26.9 Å². The number of hydrogen-bond donors (Lipinski definition) is 2. The lowest BCUT2D eigenvalue weighted by molar-refractivity contribution is 0.123. The molecule has 0 saturated heterocycles. The number of alkyl carbamates (subject to hydrolysis) is 1. The second-order valence-electron chi connectivity index (χ2n) is 3.14. The first-order valence-corrected chi connectivity index (χ1v) is 4.78. The van der Waals surface area contributed by atoms with E-state index in [1.54, 1.807) is 14.0 Å². The normalized spacial score (nSPS) is 14.6. The Morgan fingerprint density at radius 2 is 2.21 bits per heavy atom. The maximum absolute atomic E-state index is 11.1. The van der Waals surface area contributed by atoms with Gasteiger partial charge in [0.05, 0.1) is 13.2 Å². The maximum Gasteiger partial charge on any atom is 0.407 e. The van der Waals surface area contributed by atoms with Crippen LogP contribution in [0, 0.1) is 5.92 Å². The molecule has 0 heterocycles. The average Bonchev–Trinajstić information content (AvgIpc) is 2.15. The minimum absolute atomic E-state index is 0.103. The molecule has 0 rings (SSSR count). The molecule has 0 aromatic heterocycles. The number of nitrogens with one attached hydrogen (secondary N) is 1. The van der Waals surface area contributed by atoms with Gasteiger partial charge >= 0.3 is 6.09 Å². The van der Waals surface area contributed by atoms with Gasteiger partial charge in [0.25, 0.3) is 0 Å². The number of methoxy groups -OCH3 is 1. The van der Waals surface area contributed by atoms with E-state index in [1.165, 1.54) is 0 Å². The lowest BCUT2D eigenvalue weighted by atomic mass is 10.0. The van der Waals surface area contributed by atoms with Gasteiger partial charge in [-0.05, 0) is 6.92 Å². The van der Waals surface area contributed by atoms with E-state index in [0.717, 1.165) is 0 Å². The predicted molar refractivity (Wildman–Crippen MR) is 54.0 cm³/mol. The van der Waals surface area contributed by atoms with E-state index in [9.17, 15) is 4.79 Å². The number of nitrogens with two attached hydrogens (primary N) is 1. The van der Waals surface area contributed by atoms with Crippen molar-refractivity contribution in [1.29, 1.82) is 0 Å². The molecule has 5 nitrogen and oxygen atoms in total. The summed E-state index contributed by atoms with van der Waals surface area (Å²) < 4.78 is 9.74. The molecule has 0 fully saturated rings. The van der Waals surface area contributed by atoms with Crippen LogP contribution < -0.4 is 11.1 Å². The molecule has 3 N–H and O–H groups in total. The first kappa shape index (κ1) is 13.2. The molecule has 0 bridgehead atoms. The third-order valence-electron chi connectivity index (χ3n) is 1.95. The predicted octanol–water partition coefficient (Wildman–Crippen LogP) is 0.342. The third kappa shape index (κ3) is 5.04. The minimum Gasteiger partial charge on any atom is -0.450 e. The molecule has 0 radical (unpaired) electrons. The standard InChI is InChI=1S/C9H20N2O3/c1-4-14-9(12)11-8(5-10)7(2)6-13-3/h7-8H,4-6,10H2,1-3H3,(H,11,12). The van der Waals surface area contributed by atoms with Crippen molar-refractivity contribution in [3.05, 3.63) is 0 Å². The molecule has 0 spiro atoms. The van der Waals surface area contributed by atoms with Gasteiger partial charge in [-0.15, -0.1) is 0 Å². The van der Waals surface area contributed by atoms with Gasteiger partial charge in [0.1, 0.15) is 0 Å². The van der Waals surface area contributed by atoms with Gasteiger partial charge in [0.15, 0.2) is 0 Å². The van der Waals surface area contributed by atoms with E-state index in [0.29, 0.717) is 19.8 Å². The van der Waals surface area contributed by atoms with Crippen LogP contribution in [0.3, 0.4) is 0 Å². The lowest BCUT2D eigenvalue weighted by Crippen LogP contribution is -2.45. The Labute approximate surface area is 84.9 Å². The van der Waals surface area contributed by atoms with E-state index < -0.39 is 6.09 Å². The number of ether oxygens (including phenoxy) is 2. The maximum atomic E-state index is 11.1. The quantitative estimate of drug-likeness (QED) is 0.654. The Balaban J connectivity index is 3.94. The number of amides is 1. The topological polar surface area (TPSA) is 73.6 Å². The fourth-order valence-electron chi connectivity index (χ4n) is 1.14. The van der Waals surface area contributed by atoms with Crippen molar-refractivity contribution in [2.45, 2.75) is 19.9 Å². The molecule has 14 heavy (non-hydrogen) atoms. The summed E-state index contributed by atoms with van der Waals surface area (Å²) in [5.41, 5.74) is 5.52. The van der Waals surface area contributed by atoms with Crippen LogP contribution in [0.15, 0.2) is 0 Å². The van der Waals surface area contributed by atoms with Crippen molar-refractivity contribution in [3.8, 4) is 0 Å². The van der Waals surface area contributed by atoms with E-state index >= 15 is 0 Å². The van der Waals surface area contributed by atoms with Crippen LogP contribution in [0.25, 0.3) is 0 Å². The van der Waals surface area contributed by atoms with Crippen molar-refractivity contribution in [2.24, 2.45) is 11.7 Å². The van der Waals surface area contributed by atoms with Crippen LogP contribution in [-0.4, -0.2) is 39.0 Å². The van der Waals surface area contributed by atoms with Crippen molar-refractivity contribution in [3.63, 3.8) is 0 Å². The molecule has 0 aliphatic heterocycles. The summed E-state index contributed by atoms with van der Waals surface area (Å²) in [6.07, 6.45) is -0.425. The summed E-state index contributed by atoms with van der Waals surface area (Å²) in [4.78, 5) is 11.1. The summed E-state index contributed by atoms with van der Waals surface area (Å²) in [6, 6.07) is -0.103. The highest BCUT2D eigenvalue weighted by Gasteiger charge is 2.18. The molecule has 0 aromatic rings. The molecule has 2 unspecified atom stereocenters. The van der Waals surface area contributed by atoms with Crippen LogP contribution in [0.1, 0.15) is 13.8 Å². The van der Waals surface area contributed by atoms with Crippen LogP contribution in [0.2, 0.25) is 0 Å². The van der Waals surface area contributed by atoms with Crippen molar-refractivity contribution < 1.29 is 14.3 Å². The Hall–Kier alpha value is -0.810. The molecule has 0 aliphatic carbocycles. The van der Waals surface area contributed by atoms with Gasteiger partial charge in [-0.3, -0.25) is 0 Å². The van der Waals surface area contributed by atoms with Gasteiger partial charge in [0, 0.05) is 25.6 Å².